The van der Waals surface area contributed by atoms with Crippen molar-refractivity contribution in [1.82, 2.24) is 4.90 Å². The topological polar surface area (TPSA) is 114 Å². The lowest BCUT2D eigenvalue weighted by molar-refractivity contribution is -0.132. The molecule has 0 saturated carbocycles. The van der Waals surface area contributed by atoms with Crippen LogP contribution in [0.3, 0.4) is 0 Å². The van der Waals surface area contributed by atoms with Gasteiger partial charge in [-0.1, -0.05) is 40.2 Å². The van der Waals surface area contributed by atoms with Crippen LogP contribution in [0.25, 0.3) is 0 Å². The van der Waals surface area contributed by atoms with Crippen LogP contribution in [-0.2, 0) is 4.79 Å². The van der Waals surface area contributed by atoms with Crippen molar-refractivity contribution in [2.24, 2.45) is 17.1 Å². The van der Waals surface area contributed by atoms with Crippen LogP contribution in [-0.4, -0.2) is 36.1 Å². The number of halogens is 1. The van der Waals surface area contributed by atoms with Crippen molar-refractivity contribution in [3.8, 4) is 12.1 Å². The van der Waals surface area contributed by atoms with Crippen LogP contribution in [0.5, 0.6) is 0 Å². The first-order valence-electron chi connectivity index (χ1n) is 8.06. The number of nitriles is 2. The summed E-state index contributed by atoms with van der Waals surface area (Å²) in [5.41, 5.74) is 5.53. The number of carboxylic acids is 1. The third kappa shape index (κ3) is 2.52. The fourth-order valence-corrected chi connectivity index (χ4v) is 4.54. The Balaban J connectivity index is 2.39. The first kappa shape index (κ1) is 18.2. The molecule has 1 aromatic carbocycles. The predicted octanol–water partition coefficient (Wildman–Crippen LogP) is 2.37. The zero-order valence-corrected chi connectivity index (χ0v) is 15.7. The quantitative estimate of drug-likeness (QED) is 0.770. The van der Waals surface area contributed by atoms with Crippen LogP contribution < -0.4 is 5.73 Å². The number of aliphatic carboxylic acids is 1. The molecule has 0 unspecified atom stereocenters. The van der Waals surface area contributed by atoms with Crippen LogP contribution in [0.15, 0.2) is 51.7 Å². The Morgan fingerprint density at radius 3 is 2.62 bits per heavy atom. The summed E-state index contributed by atoms with van der Waals surface area (Å²) in [7, 11) is 1.92. The van der Waals surface area contributed by atoms with Crippen LogP contribution in [0.1, 0.15) is 11.5 Å². The third-order valence-electron chi connectivity index (χ3n) is 5.19. The van der Waals surface area contributed by atoms with Crippen molar-refractivity contribution in [1.29, 1.82) is 10.5 Å². The first-order valence-corrected chi connectivity index (χ1v) is 8.86. The lowest BCUT2D eigenvalue weighted by atomic mass is 9.58. The van der Waals surface area contributed by atoms with Gasteiger partial charge in [0.05, 0.1) is 23.4 Å². The average molecular weight is 413 g/mol. The van der Waals surface area contributed by atoms with Crippen molar-refractivity contribution in [3.05, 3.63) is 57.2 Å². The summed E-state index contributed by atoms with van der Waals surface area (Å²) in [5.74, 6) is -2.11. The summed E-state index contributed by atoms with van der Waals surface area (Å²) >= 11 is 3.51. The predicted molar refractivity (Wildman–Crippen MR) is 98.5 cm³/mol. The lowest BCUT2D eigenvalue weighted by Crippen LogP contribution is -2.48. The molecule has 0 fully saturated rings. The second-order valence-electron chi connectivity index (χ2n) is 6.61. The lowest BCUT2D eigenvalue weighted by Gasteiger charge is -2.45. The number of likely N-dealkylation sites (N-methyl/N-ethyl adjacent to an activating group) is 1. The maximum absolute atomic E-state index is 11.9. The van der Waals surface area contributed by atoms with Crippen LogP contribution in [0, 0.1) is 34.0 Å². The van der Waals surface area contributed by atoms with E-state index in [0.29, 0.717) is 18.7 Å². The molecule has 1 heterocycles. The van der Waals surface area contributed by atoms with Gasteiger partial charge in [0.25, 0.3) is 0 Å². The number of carbonyl (C=O) groups is 1. The molecule has 0 aromatic heterocycles. The molecule has 0 radical (unpaired) electrons. The van der Waals surface area contributed by atoms with E-state index in [0.717, 1.165) is 10.0 Å². The van der Waals surface area contributed by atoms with Gasteiger partial charge in [-0.05, 0) is 24.3 Å². The molecule has 0 saturated heterocycles. The van der Waals surface area contributed by atoms with Gasteiger partial charge >= 0.3 is 5.97 Å². The Kier molecular flexibility index (Phi) is 4.62. The highest BCUT2D eigenvalue weighted by molar-refractivity contribution is 9.10. The molecule has 1 aromatic rings. The molecule has 3 rings (SSSR count). The molecular weight excluding hydrogens is 396 g/mol. The minimum Gasteiger partial charge on any atom is -0.478 e. The minimum atomic E-state index is -1.75. The van der Waals surface area contributed by atoms with Gasteiger partial charge in [-0.15, -0.1) is 0 Å². The van der Waals surface area contributed by atoms with Crippen molar-refractivity contribution < 1.29 is 9.90 Å². The average Bonchev–Trinajstić information content (AvgIpc) is 2.61. The number of nitrogens with two attached hydrogens (primary N) is 1. The van der Waals surface area contributed by atoms with E-state index in [9.17, 15) is 20.4 Å². The molecule has 2 aliphatic rings. The second kappa shape index (κ2) is 6.60. The highest BCUT2D eigenvalue weighted by Gasteiger charge is 2.55. The monoisotopic (exact) mass is 412 g/mol. The maximum atomic E-state index is 11.9. The van der Waals surface area contributed by atoms with E-state index in [2.05, 4.69) is 28.1 Å². The van der Waals surface area contributed by atoms with Crippen LogP contribution >= 0.6 is 15.9 Å². The minimum absolute atomic E-state index is 0.102. The number of rotatable bonds is 2. The summed E-state index contributed by atoms with van der Waals surface area (Å²) in [6.07, 6.45) is 1.84. The molecule has 1 aliphatic heterocycles. The molecule has 0 amide bonds. The van der Waals surface area contributed by atoms with Gasteiger partial charge in [0.1, 0.15) is 0 Å². The van der Waals surface area contributed by atoms with Crippen LogP contribution in [0.2, 0.25) is 0 Å². The normalized spacial score (nSPS) is 24.8. The zero-order valence-electron chi connectivity index (χ0n) is 14.1. The van der Waals surface area contributed by atoms with Gasteiger partial charge in [0.2, 0.25) is 0 Å². The zero-order chi connectivity index (χ0) is 19.1. The fourth-order valence-electron chi connectivity index (χ4n) is 4.01. The molecule has 26 heavy (non-hydrogen) atoms. The number of nitrogens with zero attached hydrogens (tertiary/aromatic N) is 3. The van der Waals surface area contributed by atoms with E-state index >= 15 is 0 Å². The molecule has 0 bridgehead atoms. The van der Waals surface area contributed by atoms with E-state index in [1.807, 2.05) is 42.3 Å². The molecule has 3 N–H and O–H groups in total. The smallest absolute Gasteiger partial charge is 0.337 e. The highest BCUT2D eigenvalue weighted by atomic mass is 79.9. The van der Waals surface area contributed by atoms with Crippen LogP contribution in [0.4, 0.5) is 0 Å². The molecule has 0 spiro atoms. The van der Waals surface area contributed by atoms with Crippen molar-refractivity contribution in [2.45, 2.75) is 5.92 Å². The molecule has 6 nitrogen and oxygen atoms in total. The largest absolute Gasteiger partial charge is 0.478 e. The van der Waals surface area contributed by atoms with E-state index in [1.54, 1.807) is 0 Å². The Morgan fingerprint density at radius 2 is 2.04 bits per heavy atom. The molecule has 1 aliphatic carbocycles. The molecule has 2 atom stereocenters. The van der Waals surface area contributed by atoms with E-state index in [1.165, 1.54) is 0 Å². The second-order valence-corrected chi connectivity index (χ2v) is 7.47. The first-order chi connectivity index (χ1) is 12.4. The molecule has 132 valence electrons. The Labute approximate surface area is 159 Å². The van der Waals surface area contributed by atoms with Crippen molar-refractivity contribution >= 4 is 21.9 Å². The van der Waals surface area contributed by atoms with Gasteiger partial charge in [-0.25, -0.2) is 4.79 Å². The number of fused-ring (bicyclic) bond motifs is 1. The van der Waals surface area contributed by atoms with E-state index in [4.69, 9.17) is 5.73 Å². The number of hydrogen-bond donors (Lipinski definition) is 2. The fraction of sp³-hybridized carbons (Fsp3) is 0.316. The van der Waals surface area contributed by atoms with Gasteiger partial charge in [0.15, 0.2) is 5.41 Å². The molecule has 7 heteroatoms. The standard InChI is InChI=1S/C19H17BrN4O2/c1-24-7-6-11-13(8-24)16(12-4-2-3-5-14(12)20)19(9-21,10-22)17(23)15(11)18(25)26/h2-6,13,16H,7-8,23H2,1H3,(H,25,26)/t13-,16+/m0/s1. The molecular formula is C19H17BrN4O2. The third-order valence-corrected chi connectivity index (χ3v) is 5.91. The summed E-state index contributed by atoms with van der Waals surface area (Å²) in [6.45, 7) is 1.12. The summed E-state index contributed by atoms with van der Waals surface area (Å²) < 4.78 is 0.763. The van der Waals surface area contributed by atoms with Gasteiger partial charge < -0.3 is 15.7 Å². The Bertz CT molecular complexity index is 908. The Morgan fingerprint density at radius 1 is 1.38 bits per heavy atom. The SMILES string of the molecule is CN1CC=C2C(C(=O)O)=C(N)C(C#N)(C#N)[C@H](c3ccccc3Br)[C@H]2C1. The summed E-state index contributed by atoms with van der Waals surface area (Å²) in [5, 5.41) is 29.7. The van der Waals surface area contributed by atoms with E-state index in [-0.39, 0.29) is 17.2 Å². The maximum Gasteiger partial charge on any atom is 0.337 e. The number of hydrogen-bond acceptors (Lipinski definition) is 5. The van der Waals surface area contributed by atoms with Crippen molar-refractivity contribution in [3.63, 3.8) is 0 Å². The highest BCUT2D eigenvalue weighted by Crippen LogP contribution is 2.55. The number of allylic oxidation sites excluding steroid dienone is 1. The number of benzene rings is 1. The van der Waals surface area contributed by atoms with Gasteiger partial charge in [-0.3, -0.25) is 0 Å². The van der Waals surface area contributed by atoms with E-state index < -0.39 is 17.3 Å². The summed E-state index contributed by atoms with van der Waals surface area (Å²) in [6, 6.07) is 11.5. The Hall–Kier alpha value is -2.61. The number of carboxylic acid groups (broad SMARTS) is 1. The summed E-state index contributed by atoms with van der Waals surface area (Å²) in [4.78, 5) is 14.0. The van der Waals surface area contributed by atoms with Gasteiger partial charge in [0, 0.05) is 29.4 Å². The van der Waals surface area contributed by atoms with Gasteiger partial charge in [-0.2, -0.15) is 10.5 Å². The van der Waals surface area contributed by atoms with Crippen molar-refractivity contribution in [2.75, 3.05) is 20.1 Å².